The Kier molecular flexibility index (Phi) is 7.98. The lowest BCUT2D eigenvalue weighted by atomic mass is 10.1. The van der Waals surface area contributed by atoms with Gasteiger partial charge in [0.05, 0.1) is 17.4 Å². The predicted molar refractivity (Wildman–Crippen MR) is 130 cm³/mol. The number of aromatic amines is 1. The van der Waals surface area contributed by atoms with Gasteiger partial charge in [-0.05, 0) is 6.07 Å². The molecule has 0 bridgehead atoms. The largest absolute Gasteiger partial charge is 0.489 e. The third kappa shape index (κ3) is 6.95. The van der Waals surface area contributed by atoms with E-state index in [0.717, 1.165) is 18.6 Å². The van der Waals surface area contributed by atoms with Gasteiger partial charge in [-0.3, -0.25) is 9.59 Å². The van der Waals surface area contributed by atoms with E-state index in [0.29, 0.717) is 31.7 Å². The Morgan fingerprint density at radius 3 is 2.33 bits per heavy atom. The first-order chi connectivity index (χ1) is 18.3. The Balaban J connectivity index is 1.36. The second-order valence-electron chi connectivity index (χ2n) is 8.96. The molecule has 210 valence electrons. The van der Waals surface area contributed by atoms with Crippen LogP contribution in [0.1, 0.15) is 24.0 Å². The van der Waals surface area contributed by atoms with Crippen LogP contribution < -0.4 is 25.7 Å². The predicted octanol–water partition coefficient (Wildman–Crippen LogP) is 2.81. The first kappa shape index (κ1) is 28.1. The van der Waals surface area contributed by atoms with Crippen molar-refractivity contribution in [3.8, 4) is 5.75 Å². The molecular formula is C22H23F6N7O3Si. The topological polar surface area (TPSA) is 118 Å². The molecule has 0 amide bonds. The monoisotopic (exact) mass is 575 g/mol. The SMILES string of the molecule is C[Si@@H](Cn1cc(OC2CCN(c3ncc(C(F)(F)F)cn3)CC2)ccc1=O)Nc1cn[nH]c(=O)c1C(F)(F)F. The number of hydrogen-bond acceptors (Lipinski definition) is 8. The fourth-order valence-electron chi connectivity index (χ4n) is 4.11. The zero-order valence-electron chi connectivity index (χ0n) is 20.4. The van der Waals surface area contributed by atoms with E-state index in [4.69, 9.17) is 4.74 Å². The van der Waals surface area contributed by atoms with Gasteiger partial charge in [0.2, 0.25) is 5.95 Å². The lowest BCUT2D eigenvalue weighted by Gasteiger charge is -2.32. The van der Waals surface area contributed by atoms with Crippen LogP contribution in [0.2, 0.25) is 6.55 Å². The summed E-state index contributed by atoms with van der Waals surface area (Å²) < 4.78 is 85.4. The molecule has 4 rings (SSSR count). The summed E-state index contributed by atoms with van der Waals surface area (Å²) in [6, 6.07) is 2.78. The number of nitrogens with one attached hydrogen (secondary N) is 2. The van der Waals surface area contributed by atoms with Crippen molar-refractivity contribution in [2.45, 2.75) is 44.0 Å². The molecule has 4 heterocycles. The van der Waals surface area contributed by atoms with Crippen LogP contribution in [-0.4, -0.2) is 52.9 Å². The molecule has 0 unspecified atom stereocenters. The maximum absolute atomic E-state index is 13.3. The van der Waals surface area contributed by atoms with Crippen molar-refractivity contribution in [3.63, 3.8) is 0 Å². The van der Waals surface area contributed by atoms with Gasteiger partial charge >= 0.3 is 12.4 Å². The minimum Gasteiger partial charge on any atom is -0.489 e. The Morgan fingerprint density at radius 1 is 1.05 bits per heavy atom. The number of pyridine rings is 1. The molecule has 1 aliphatic rings. The van der Waals surface area contributed by atoms with Crippen molar-refractivity contribution >= 4 is 20.6 Å². The zero-order chi connectivity index (χ0) is 28.4. The van der Waals surface area contributed by atoms with Crippen molar-refractivity contribution < 1.29 is 31.1 Å². The number of ether oxygens (including phenoxy) is 1. The van der Waals surface area contributed by atoms with Crippen molar-refractivity contribution in [1.29, 1.82) is 0 Å². The van der Waals surface area contributed by atoms with Gasteiger partial charge in [0.1, 0.15) is 17.4 Å². The highest BCUT2D eigenvalue weighted by atomic mass is 28.3. The van der Waals surface area contributed by atoms with E-state index in [1.54, 1.807) is 16.5 Å². The van der Waals surface area contributed by atoms with Gasteiger partial charge in [-0.15, -0.1) is 0 Å². The summed E-state index contributed by atoms with van der Waals surface area (Å²) in [4.78, 5) is 36.1. The molecule has 3 aromatic rings. The Bertz CT molecular complexity index is 1400. The minimum absolute atomic E-state index is 0.101. The number of piperidine rings is 1. The van der Waals surface area contributed by atoms with Crippen molar-refractivity contribution in [2.75, 3.05) is 23.0 Å². The Labute approximate surface area is 218 Å². The van der Waals surface area contributed by atoms with E-state index in [-0.39, 0.29) is 23.8 Å². The number of halogens is 6. The first-order valence-electron chi connectivity index (χ1n) is 11.7. The third-order valence-electron chi connectivity index (χ3n) is 5.96. The number of rotatable bonds is 7. The van der Waals surface area contributed by atoms with Crippen LogP contribution in [0.25, 0.3) is 0 Å². The molecular weight excluding hydrogens is 552 g/mol. The number of hydrogen-bond donors (Lipinski definition) is 2. The van der Waals surface area contributed by atoms with Gasteiger partial charge < -0.3 is 19.2 Å². The summed E-state index contributed by atoms with van der Waals surface area (Å²) in [5.74, 6) is 0.569. The normalized spacial score (nSPS) is 15.7. The van der Waals surface area contributed by atoms with Crippen LogP contribution in [0.4, 0.5) is 38.0 Å². The van der Waals surface area contributed by atoms with Crippen molar-refractivity contribution in [2.24, 2.45) is 0 Å². The van der Waals surface area contributed by atoms with E-state index in [1.807, 2.05) is 0 Å². The summed E-state index contributed by atoms with van der Waals surface area (Å²) in [5, 5.41) is 5.20. The number of H-pyrrole nitrogens is 1. The van der Waals surface area contributed by atoms with E-state index in [1.165, 1.54) is 22.9 Å². The number of nitrogens with zero attached hydrogens (tertiary/aromatic N) is 5. The smallest absolute Gasteiger partial charge is 0.423 e. The van der Waals surface area contributed by atoms with Gasteiger partial charge in [0, 0.05) is 56.8 Å². The second-order valence-corrected chi connectivity index (χ2v) is 11.4. The van der Waals surface area contributed by atoms with E-state index < -0.39 is 43.7 Å². The van der Waals surface area contributed by atoms with Gasteiger partial charge in [-0.2, -0.15) is 31.4 Å². The van der Waals surface area contributed by atoms with Gasteiger partial charge in [0.15, 0.2) is 8.96 Å². The lowest BCUT2D eigenvalue weighted by Crippen LogP contribution is -2.39. The summed E-state index contributed by atoms with van der Waals surface area (Å²) in [6.45, 7) is 2.56. The van der Waals surface area contributed by atoms with Gasteiger partial charge in [-0.25, -0.2) is 15.1 Å². The number of anilines is 2. The second kappa shape index (κ2) is 11.1. The Hall–Kier alpha value is -3.89. The summed E-state index contributed by atoms with van der Waals surface area (Å²) in [5.41, 5.74) is -4.50. The van der Waals surface area contributed by atoms with Gasteiger partial charge in [-0.1, -0.05) is 6.55 Å². The minimum atomic E-state index is -4.88. The molecule has 1 saturated heterocycles. The van der Waals surface area contributed by atoms with Crippen LogP contribution in [0.3, 0.4) is 0 Å². The number of alkyl halides is 6. The molecule has 39 heavy (non-hydrogen) atoms. The van der Waals surface area contributed by atoms with E-state index in [9.17, 15) is 35.9 Å². The fraction of sp³-hybridized carbons (Fsp3) is 0.409. The third-order valence-corrected chi connectivity index (χ3v) is 7.71. The standard InChI is InChI=1S/C22H23F6N7O3Si/c1-39(33-16-10-31-32-19(37)18(16)22(26,27)28)12-35-11-15(2-3-17(35)36)38-14-4-6-34(7-5-14)20-29-8-13(9-30-20)21(23,24)25/h2-3,8-11,14,39H,4-7,12H2,1H3,(H2,32,33,37)/t39-/m0/s1. The first-order valence-corrected chi connectivity index (χ1v) is 14.3. The average molecular weight is 576 g/mol. The molecule has 1 aliphatic heterocycles. The summed E-state index contributed by atoms with van der Waals surface area (Å²) >= 11 is 0. The molecule has 0 saturated carbocycles. The molecule has 2 N–H and O–H groups in total. The van der Waals surface area contributed by atoms with Crippen LogP contribution in [-0.2, 0) is 18.5 Å². The average Bonchev–Trinajstić information content (AvgIpc) is 2.85. The quantitative estimate of drug-likeness (QED) is 0.326. The summed E-state index contributed by atoms with van der Waals surface area (Å²) in [6.07, 6.45) is -4.67. The summed E-state index contributed by atoms with van der Waals surface area (Å²) in [7, 11) is -2.25. The molecule has 17 heteroatoms. The van der Waals surface area contributed by atoms with Crippen LogP contribution >= 0.6 is 0 Å². The highest BCUT2D eigenvalue weighted by Gasteiger charge is 2.37. The highest BCUT2D eigenvalue weighted by molar-refractivity contribution is 6.59. The van der Waals surface area contributed by atoms with E-state index >= 15 is 0 Å². The molecule has 0 spiro atoms. The molecule has 10 nitrogen and oxygen atoms in total. The maximum Gasteiger partial charge on any atom is 0.423 e. The maximum atomic E-state index is 13.3. The fourth-order valence-corrected chi connectivity index (χ4v) is 5.83. The molecule has 0 aliphatic carbocycles. The van der Waals surface area contributed by atoms with E-state index in [2.05, 4.69) is 20.0 Å². The lowest BCUT2D eigenvalue weighted by molar-refractivity contribution is -0.138. The molecule has 0 radical (unpaired) electrons. The van der Waals surface area contributed by atoms with Gasteiger partial charge in [0.25, 0.3) is 11.1 Å². The molecule has 0 aromatic carbocycles. The van der Waals surface area contributed by atoms with Crippen LogP contribution in [0, 0.1) is 0 Å². The van der Waals surface area contributed by atoms with Crippen LogP contribution in [0.15, 0.2) is 46.5 Å². The van der Waals surface area contributed by atoms with Crippen LogP contribution in [0.5, 0.6) is 5.75 Å². The molecule has 3 aromatic heterocycles. The number of aromatic nitrogens is 5. The zero-order valence-corrected chi connectivity index (χ0v) is 21.5. The van der Waals surface area contributed by atoms with Crippen molar-refractivity contribution in [1.82, 2.24) is 24.7 Å². The van der Waals surface area contributed by atoms with Crippen molar-refractivity contribution in [3.05, 3.63) is 68.8 Å². The highest BCUT2D eigenvalue weighted by Crippen LogP contribution is 2.32. The molecule has 1 fully saturated rings. The Morgan fingerprint density at radius 2 is 1.72 bits per heavy atom. The molecule has 1 atom stereocenters.